The van der Waals surface area contributed by atoms with Crippen molar-refractivity contribution in [2.75, 3.05) is 19.8 Å². The summed E-state index contributed by atoms with van der Waals surface area (Å²) in [6.45, 7) is 1.58. The molecule has 1 heterocycles. The molecule has 0 aromatic heterocycles. The van der Waals surface area contributed by atoms with Crippen molar-refractivity contribution in [1.29, 1.82) is 0 Å². The van der Waals surface area contributed by atoms with Crippen LogP contribution in [0.1, 0.15) is 30.7 Å². The molecular weight excluding hydrogens is 306 g/mol. The van der Waals surface area contributed by atoms with Gasteiger partial charge in [0.1, 0.15) is 0 Å². The van der Waals surface area contributed by atoms with Crippen LogP contribution < -0.4 is 5.32 Å². The van der Waals surface area contributed by atoms with E-state index >= 15 is 0 Å². The quantitative estimate of drug-likeness (QED) is 0.893. The van der Waals surface area contributed by atoms with Gasteiger partial charge < -0.3 is 15.2 Å². The third-order valence-corrected chi connectivity index (χ3v) is 4.92. The molecule has 3 rings (SSSR count). The monoisotopic (exact) mass is 325 g/mol. The molecule has 0 amide bonds. The Hall–Kier alpha value is -0.420. The molecule has 0 bridgehead atoms. The summed E-state index contributed by atoms with van der Waals surface area (Å²) in [6.07, 6.45) is 3.23. The Kier molecular flexibility index (Phi) is 3.94. The molecule has 1 aromatic rings. The maximum absolute atomic E-state index is 9.55. The maximum Gasteiger partial charge on any atom is 0.0675 e. The molecule has 0 radical (unpaired) electrons. The van der Waals surface area contributed by atoms with Crippen LogP contribution in [-0.4, -0.2) is 36.5 Å². The Morgan fingerprint density at radius 1 is 1.32 bits per heavy atom. The highest BCUT2D eigenvalue weighted by atomic mass is 79.9. The minimum Gasteiger partial charge on any atom is -0.394 e. The molecule has 2 aliphatic rings. The molecule has 0 spiro atoms. The van der Waals surface area contributed by atoms with Gasteiger partial charge in [-0.1, -0.05) is 28.1 Å². The van der Waals surface area contributed by atoms with Crippen LogP contribution in [0.15, 0.2) is 28.7 Å². The van der Waals surface area contributed by atoms with E-state index in [2.05, 4.69) is 45.5 Å². The number of halogens is 1. The van der Waals surface area contributed by atoms with Gasteiger partial charge >= 0.3 is 0 Å². The average molecular weight is 326 g/mol. The van der Waals surface area contributed by atoms with Crippen LogP contribution in [-0.2, 0) is 4.74 Å². The first-order chi connectivity index (χ1) is 9.21. The van der Waals surface area contributed by atoms with Crippen molar-refractivity contribution < 1.29 is 9.84 Å². The third-order valence-electron chi connectivity index (χ3n) is 4.40. The fourth-order valence-electron chi connectivity index (χ4n) is 3.07. The second-order valence-corrected chi connectivity index (χ2v) is 6.72. The van der Waals surface area contributed by atoms with Crippen molar-refractivity contribution in [3.63, 3.8) is 0 Å². The molecule has 3 nitrogen and oxygen atoms in total. The summed E-state index contributed by atoms with van der Waals surface area (Å²) in [4.78, 5) is 0. The largest absolute Gasteiger partial charge is 0.394 e. The molecular formula is C15H20BrNO2. The molecule has 1 saturated heterocycles. The highest BCUT2D eigenvalue weighted by Crippen LogP contribution is 2.38. The van der Waals surface area contributed by atoms with E-state index in [4.69, 9.17) is 4.74 Å². The molecule has 1 aliphatic heterocycles. The molecule has 2 fully saturated rings. The minimum atomic E-state index is -0.185. The van der Waals surface area contributed by atoms with Gasteiger partial charge in [0.15, 0.2) is 0 Å². The molecule has 1 saturated carbocycles. The Balaban J connectivity index is 1.54. The van der Waals surface area contributed by atoms with E-state index in [0.29, 0.717) is 18.6 Å². The normalized spacial score (nSPS) is 34.2. The van der Waals surface area contributed by atoms with Gasteiger partial charge in [0.05, 0.1) is 18.8 Å². The zero-order chi connectivity index (χ0) is 13.3. The van der Waals surface area contributed by atoms with Crippen molar-refractivity contribution in [3.8, 4) is 0 Å². The topological polar surface area (TPSA) is 41.5 Å². The highest BCUT2D eigenvalue weighted by molar-refractivity contribution is 9.10. The number of ether oxygens (including phenoxy) is 1. The van der Waals surface area contributed by atoms with E-state index in [1.165, 1.54) is 5.56 Å². The summed E-state index contributed by atoms with van der Waals surface area (Å²) in [7, 11) is 0. The predicted octanol–water partition coefficient (Wildman–Crippen LogP) is 2.44. The van der Waals surface area contributed by atoms with Crippen molar-refractivity contribution in [3.05, 3.63) is 34.3 Å². The minimum absolute atomic E-state index is 0.173. The lowest BCUT2D eigenvalue weighted by Crippen LogP contribution is -2.56. The first kappa shape index (κ1) is 13.6. The number of aliphatic hydroxyl groups excluding tert-OH is 1. The van der Waals surface area contributed by atoms with Gasteiger partial charge in [-0.15, -0.1) is 0 Å². The lowest BCUT2D eigenvalue weighted by Gasteiger charge is -2.42. The predicted molar refractivity (Wildman–Crippen MR) is 78.3 cm³/mol. The number of benzene rings is 1. The van der Waals surface area contributed by atoms with Gasteiger partial charge in [-0.2, -0.15) is 0 Å². The first-order valence-corrected chi connectivity index (χ1v) is 7.72. The summed E-state index contributed by atoms with van der Waals surface area (Å²) in [5.41, 5.74) is 1.23. The van der Waals surface area contributed by atoms with Crippen molar-refractivity contribution in [1.82, 2.24) is 5.32 Å². The van der Waals surface area contributed by atoms with Crippen LogP contribution in [0, 0.1) is 0 Å². The van der Waals surface area contributed by atoms with Gasteiger partial charge in [0, 0.05) is 17.1 Å². The second-order valence-electron chi connectivity index (χ2n) is 5.80. The van der Waals surface area contributed by atoms with Crippen LogP contribution in [0.25, 0.3) is 0 Å². The van der Waals surface area contributed by atoms with Gasteiger partial charge in [-0.25, -0.2) is 0 Å². The zero-order valence-electron chi connectivity index (χ0n) is 10.9. The van der Waals surface area contributed by atoms with E-state index in [1.807, 2.05) is 0 Å². The lowest BCUT2D eigenvalue weighted by molar-refractivity contribution is 0.0963. The van der Waals surface area contributed by atoms with E-state index in [9.17, 15) is 5.11 Å². The highest BCUT2D eigenvalue weighted by Gasteiger charge is 2.40. The van der Waals surface area contributed by atoms with Crippen molar-refractivity contribution in [2.24, 2.45) is 0 Å². The Morgan fingerprint density at radius 2 is 2.05 bits per heavy atom. The van der Waals surface area contributed by atoms with Crippen LogP contribution in [0.2, 0.25) is 0 Å². The first-order valence-electron chi connectivity index (χ1n) is 6.92. The molecule has 1 aliphatic carbocycles. The van der Waals surface area contributed by atoms with E-state index in [0.717, 1.165) is 30.3 Å². The molecule has 19 heavy (non-hydrogen) atoms. The third kappa shape index (κ3) is 2.87. The molecule has 4 heteroatoms. The van der Waals surface area contributed by atoms with Gasteiger partial charge in [-0.05, 0) is 42.9 Å². The number of hydrogen-bond acceptors (Lipinski definition) is 3. The van der Waals surface area contributed by atoms with Crippen molar-refractivity contribution in [2.45, 2.75) is 36.8 Å². The van der Waals surface area contributed by atoms with Crippen LogP contribution in [0.5, 0.6) is 0 Å². The SMILES string of the molecule is OCC1(NC2CC(c3ccc(Br)cc3)C2)CCOC1. The van der Waals surface area contributed by atoms with Gasteiger partial charge in [0.2, 0.25) is 0 Å². The maximum atomic E-state index is 9.55. The molecule has 104 valence electrons. The molecule has 2 N–H and O–H groups in total. The molecule has 1 unspecified atom stereocenters. The van der Waals surface area contributed by atoms with E-state index < -0.39 is 0 Å². The number of rotatable bonds is 4. The fraction of sp³-hybridized carbons (Fsp3) is 0.600. The average Bonchev–Trinajstić information content (AvgIpc) is 2.84. The smallest absolute Gasteiger partial charge is 0.0675 e. The summed E-state index contributed by atoms with van der Waals surface area (Å²) in [5, 5.41) is 13.2. The van der Waals surface area contributed by atoms with E-state index in [1.54, 1.807) is 0 Å². The Labute approximate surface area is 122 Å². The van der Waals surface area contributed by atoms with Crippen LogP contribution in [0.4, 0.5) is 0 Å². The van der Waals surface area contributed by atoms with Gasteiger partial charge in [-0.3, -0.25) is 0 Å². The molecule has 1 atom stereocenters. The standard InChI is InChI=1S/C15H20BrNO2/c16-13-3-1-11(2-4-13)12-7-14(8-12)17-15(9-18)5-6-19-10-15/h1-4,12,14,17-18H,5-10H2. The zero-order valence-corrected chi connectivity index (χ0v) is 12.5. The molecule has 1 aromatic carbocycles. The van der Waals surface area contributed by atoms with E-state index in [-0.39, 0.29) is 12.1 Å². The lowest BCUT2D eigenvalue weighted by atomic mass is 9.75. The summed E-state index contributed by atoms with van der Waals surface area (Å²) in [6, 6.07) is 9.13. The summed E-state index contributed by atoms with van der Waals surface area (Å²) in [5.74, 6) is 0.656. The summed E-state index contributed by atoms with van der Waals surface area (Å²) >= 11 is 3.47. The number of aliphatic hydroxyl groups is 1. The number of nitrogens with one attached hydrogen (secondary N) is 1. The number of hydrogen-bond donors (Lipinski definition) is 2. The second kappa shape index (κ2) is 5.52. The Bertz CT molecular complexity index is 422. The Morgan fingerprint density at radius 3 is 2.63 bits per heavy atom. The van der Waals surface area contributed by atoms with Crippen LogP contribution in [0.3, 0.4) is 0 Å². The van der Waals surface area contributed by atoms with Gasteiger partial charge in [0.25, 0.3) is 0 Å². The van der Waals surface area contributed by atoms with Crippen molar-refractivity contribution >= 4 is 15.9 Å². The van der Waals surface area contributed by atoms with Crippen LogP contribution >= 0.6 is 15.9 Å². The fourth-order valence-corrected chi connectivity index (χ4v) is 3.33. The summed E-state index contributed by atoms with van der Waals surface area (Å²) < 4.78 is 6.55.